The highest BCUT2D eigenvalue weighted by molar-refractivity contribution is 6.17. The smallest absolute Gasteiger partial charge is 0.259 e. The quantitative estimate of drug-likeness (QED) is 0.419. The summed E-state index contributed by atoms with van der Waals surface area (Å²) in [5.41, 5.74) is 2.24. The van der Waals surface area contributed by atoms with Crippen LogP contribution in [-0.4, -0.2) is 30.1 Å². The number of aromatic nitrogens is 5. The summed E-state index contributed by atoms with van der Waals surface area (Å²) in [4.78, 5) is 17.2. The maximum atomic E-state index is 14.1. The second-order valence-electron chi connectivity index (χ2n) is 8.69. The Bertz CT molecular complexity index is 1430. The second-order valence-corrected chi connectivity index (χ2v) is 8.96. The van der Waals surface area contributed by atoms with Gasteiger partial charge in [0.05, 0.1) is 23.2 Å². The van der Waals surface area contributed by atoms with E-state index >= 15 is 0 Å². The van der Waals surface area contributed by atoms with E-state index in [0.717, 1.165) is 30.4 Å². The molecule has 1 saturated carbocycles. The molecule has 1 aliphatic carbocycles. The number of nitrogens with zero attached hydrogens (tertiary/aromatic N) is 6. The van der Waals surface area contributed by atoms with E-state index in [-0.39, 0.29) is 28.4 Å². The number of rotatable bonds is 6. The van der Waals surface area contributed by atoms with E-state index in [1.807, 2.05) is 29.8 Å². The normalized spacial score (nSPS) is 19.5. The Labute approximate surface area is 200 Å². The number of hydrogen-bond acceptors (Lipinski definition) is 5. The van der Waals surface area contributed by atoms with Crippen molar-refractivity contribution in [3.8, 4) is 6.07 Å². The van der Waals surface area contributed by atoms with Crippen molar-refractivity contribution in [1.82, 2.24) is 24.1 Å². The van der Waals surface area contributed by atoms with Crippen LogP contribution in [0.2, 0.25) is 0 Å². The minimum Gasteiger partial charge on any atom is -0.322 e. The van der Waals surface area contributed by atoms with Crippen molar-refractivity contribution in [3.63, 3.8) is 0 Å². The zero-order chi connectivity index (χ0) is 23.9. The molecule has 0 radical (unpaired) electrons. The van der Waals surface area contributed by atoms with Gasteiger partial charge in [-0.15, -0.1) is 21.8 Å². The topological polar surface area (TPSA) is 101 Å². The van der Waals surface area contributed by atoms with Crippen molar-refractivity contribution < 1.29 is 9.18 Å². The first-order chi connectivity index (χ1) is 16.4. The first-order valence-electron chi connectivity index (χ1n) is 10.8. The third kappa shape index (κ3) is 3.60. The van der Waals surface area contributed by atoms with Crippen molar-refractivity contribution in [2.24, 2.45) is 13.0 Å². The molecule has 0 spiro atoms. The Morgan fingerprint density at radius 2 is 2.21 bits per heavy atom. The number of pyridine rings is 1. The molecule has 0 saturated heterocycles. The third-order valence-corrected chi connectivity index (χ3v) is 6.79. The van der Waals surface area contributed by atoms with Crippen LogP contribution in [-0.2, 0) is 18.3 Å². The highest BCUT2D eigenvalue weighted by Crippen LogP contribution is 2.53. The molecule has 1 aliphatic rings. The van der Waals surface area contributed by atoms with E-state index in [4.69, 9.17) is 16.9 Å². The Balaban J connectivity index is 1.48. The van der Waals surface area contributed by atoms with Gasteiger partial charge in [-0.3, -0.25) is 9.20 Å². The van der Waals surface area contributed by atoms with E-state index in [9.17, 15) is 9.18 Å². The van der Waals surface area contributed by atoms with Crippen molar-refractivity contribution in [2.75, 3.05) is 5.32 Å². The lowest BCUT2D eigenvalue weighted by Crippen LogP contribution is -2.44. The molecule has 4 aromatic rings. The lowest BCUT2D eigenvalue weighted by molar-refractivity contribution is 0.102. The molecular formula is C24H21ClFN7O. The molecule has 5 rings (SSSR count). The molecule has 1 N–H and O–H groups in total. The zero-order valence-electron chi connectivity index (χ0n) is 18.4. The first-order valence-corrected chi connectivity index (χ1v) is 11.3. The molecule has 1 aromatic carbocycles. The number of aryl methyl sites for hydroxylation is 1. The molecule has 1 fully saturated rings. The summed E-state index contributed by atoms with van der Waals surface area (Å²) in [5, 5.41) is 20.4. The average Bonchev–Trinajstić information content (AvgIpc) is 3.41. The van der Waals surface area contributed by atoms with Gasteiger partial charge >= 0.3 is 0 Å². The van der Waals surface area contributed by atoms with Crippen molar-refractivity contribution >= 4 is 28.8 Å². The molecule has 3 heterocycles. The fourth-order valence-corrected chi connectivity index (χ4v) is 5.06. The summed E-state index contributed by atoms with van der Waals surface area (Å²) in [6.45, 7) is 0. The molecule has 0 aliphatic heterocycles. The lowest BCUT2D eigenvalue weighted by Gasteiger charge is -2.46. The fourth-order valence-electron chi connectivity index (χ4n) is 4.91. The van der Waals surface area contributed by atoms with Crippen LogP contribution in [0.4, 0.5) is 10.1 Å². The minimum absolute atomic E-state index is 0.132. The van der Waals surface area contributed by atoms with Crippen LogP contribution in [0.25, 0.3) is 5.65 Å². The number of hydrogen-bond donors (Lipinski definition) is 1. The van der Waals surface area contributed by atoms with Crippen LogP contribution < -0.4 is 5.32 Å². The molecule has 0 unspecified atom stereocenters. The van der Waals surface area contributed by atoms with E-state index in [1.54, 1.807) is 18.5 Å². The highest BCUT2D eigenvalue weighted by Gasteiger charge is 2.49. The number of nitriles is 1. The lowest BCUT2D eigenvalue weighted by atomic mass is 9.57. The number of imidazole rings is 1. The van der Waals surface area contributed by atoms with Crippen molar-refractivity contribution in [1.29, 1.82) is 5.26 Å². The predicted octanol–water partition coefficient (Wildman–Crippen LogP) is 4.20. The molecule has 0 atom stereocenters. The van der Waals surface area contributed by atoms with Gasteiger partial charge in [-0.05, 0) is 48.1 Å². The van der Waals surface area contributed by atoms with E-state index in [2.05, 4.69) is 26.6 Å². The molecule has 8 nitrogen and oxygen atoms in total. The Morgan fingerprint density at radius 1 is 1.38 bits per heavy atom. The summed E-state index contributed by atoms with van der Waals surface area (Å²) < 4.78 is 17.2. The summed E-state index contributed by atoms with van der Waals surface area (Å²) >= 11 is 5.95. The first kappa shape index (κ1) is 22.0. The number of alkyl halides is 1. The SMILES string of the molecule is Cn1cnnc1C1(c2cccc(NC(=O)c3cc(CCl)cn4c(F)cnc34)c2)CC(CC#N)C1. The molecule has 34 heavy (non-hydrogen) atoms. The van der Waals surface area contributed by atoms with Crippen molar-refractivity contribution in [3.05, 3.63) is 77.5 Å². The van der Waals surface area contributed by atoms with Crippen molar-refractivity contribution in [2.45, 2.75) is 30.6 Å². The number of carbonyl (C=O) groups excluding carboxylic acids is 1. The van der Waals surface area contributed by atoms with Gasteiger partial charge in [0.25, 0.3) is 5.91 Å². The van der Waals surface area contributed by atoms with Gasteiger partial charge in [0, 0.05) is 31.2 Å². The third-order valence-electron chi connectivity index (χ3n) is 6.48. The van der Waals surface area contributed by atoms with Gasteiger partial charge in [0.1, 0.15) is 12.2 Å². The van der Waals surface area contributed by atoms with Crippen LogP contribution in [0.5, 0.6) is 0 Å². The number of carbonyl (C=O) groups is 1. The molecule has 3 aromatic heterocycles. The van der Waals surface area contributed by atoms with Gasteiger partial charge in [-0.1, -0.05) is 12.1 Å². The van der Waals surface area contributed by atoms with Crippen LogP contribution in [0, 0.1) is 23.2 Å². The van der Waals surface area contributed by atoms with E-state index in [0.29, 0.717) is 17.7 Å². The summed E-state index contributed by atoms with van der Waals surface area (Å²) in [5.74, 6) is 0.258. The monoisotopic (exact) mass is 477 g/mol. The van der Waals surface area contributed by atoms with E-state index in [1.165, 1.54) is 10.6 Å². The van der Waals surface area contributed by atoms with Crippen LogP contribution in [0.3, 0.4) is 0 Å². The number of halogens is 2. The Morgan fingerprint density at radius 3 is 2.91 bits per heavy atom. The Kier molecular flexibility index (Phi) is 5.54. The average molecular weight is 478 g/mol. The van der Waals surface area contributed by atoms with Crippen LogP contribution in [0.1, 0.15) is 46.6 Å². The fraction of sp³-hybridized carbons (Fsp3) is 0.292. The van der Waals surface area contributed by atoms with Gasteiger partial charge in [0.2, 0.25) is 5.95 Å². The summed E-state index contributed by atoms with van der Waals surface area (Å²) in [7, 11) is 1.90. The number of amides is 1. The molecular weight excluding hydrogens is 457 g/mol. The zero-order valence-corrected chi connectivity index (χ0v) is 19.1. The summed E-state index contributed by atoms with van der Waals surface area (Å²) in [6, 6.07) is 11.5. The Hall–Kier alpha value is -3.77. The van der Waals surface area contributed by atoms with Gasteiger partial charge in [0.15, 0.2) is 5.65 Å². The number of anilines is 1. The summed E-state index contributed by atoms with van der Waals surface area (Å²) in [6.07, 6.45) is 6.31. The molecule has 10 heteroatoms. The van der Waals surface area contributed by atoms with E-state index < -0.39 is 11.9 Å². The van der Waals surface area contributed by atoms with Crippen LogP contribution >= 0.6 is 11.6 Å². The number of benzene rings is 1. The minimum atomic E-state index is -0.569. The van der Waals surface area contributed by atoms with Crippen LogP contribution in [0.15, 0.2) is 49.1 Å². The number of nitrogens with one attached hydrogen (secondary N) is 1. The standard InChI is InChI=1S/C24H21ClFN7O/c1-32-14-29-31-23(32)24(9-15(10-24)5-6-27)17-3-2-4-18(8-17)30-22(34)19-7-16(11-25)13-33-20(26)12-28-21(19)33/h2-4,7-8,12-15H,5,9-11H2,1H3,(H,30,34). The van der Waals surface area contributed by atoms with Gasteiger partial charge in [-0.25, -0.2) is 4.98 Å². The maximum Gasteiger partial charge on any atom is 0.259 e. The van der Waals surface area contributed by atoms with Gasteiger partial charge in [-0.2, -0.15) is 9.65 Å². The predicted molar refractivity (Wildman–Crippen MR) is 124 cm³/mol. The molecule has 172 valence electrons. The highest BCUT2D eigenvalue weighted by atomic mass is 35.5. The molecule has 0 bridgehead atoms. The maximum absolute atomic E-state index is 14.1. The van der Waals surface area contributed by atoms with Gasteiger partial charge < -0.3 is 9.88 Å². The second kappa shape index (κ2) is 8.54. The largest absolute Gasteiger partial charge is 0.322 e. The number of fused-ring (bicyclic) bond motifs is 1. The molecule has 1 amide bonds.